The van der Waals surface area contributed by atoms with Crippen LogP contribution in [0.3, 0.4) is 0 Å². The topological polar surface area (TPSA) is 110 Å². The third-order valence-corrected chi connectivity index (χ3v) is 18.8. The molecule has 0 amide bonds. The van der Waals surface area contributed by atoms with Gasteiger partial charge in [0.2, 0.25) is 5.82 Å². The number of fused-ring (bicyclic) bond motifs is 1. The fourth-order valence-electron chi connectivity index (χ4n) is 10.9. The van der Waals surface area contributed by atoms with E-state index in [4.69, 9.17) is 28.4 Å². The normalized spacial score (nSPS) is 17.6. The lowest BCUT2D eigenvalue weighted by molar-refractivity contribution is 0.0755. The SMILES string of the molecule is CC(C)(C)c1ccc(F)c(CCC2CC2)c1.CC(C)(C)c1ccc(F)c(OCCN2CCCC2)c1.CC(C)(C)c1ccc(F)cc1OCC1CC1.CC(C)(C)c1ccc2c(c1)OC(C1CC1)CO2.CC(C)(C)c1cnc(F)c(OCC2CC2)n1.CC(C)(C)c1ncc(F)c(OCC2CC2)n1. The summed E-state index contributed by atoms with van der Waals surface area (Å²) < 4.78 is 101. The van der Waals surface area contributed by atoms with Gasteiger partial charge in [-0.3, -0.25) is 4.90 Å². The maximum absolute atomic E-state index is 13.7. The molecule has 5 aliphatic carbocycles. The van der Waals surface area contributed by atoms with E-state index < -0.39 is 11.8 Å². The van der Waals surface area contributed by atoms with Crippen LogP contribution in [0.25, 0.3) is 0 Å². The Bertz CT molecular complexity index is 3390. The highest BCUT2D eigenvalue weighted by Gasteiger charge is 2.37. The van der Waals surface area contributed by atoms with Crippen LogP contribution in [-0.2, 0) is 38.9 Å². The molecule has 1 unspecified atom stereocenters. The highest BCUT2D eigenvalue weighted by Crippen LogP contribution is 2.43. The van der Waals surface area contributed by atoms with E-state index in [1.807, 2.05) is 71.9 Å². The molecule has 4 aromatic carbocycles. The largest absolute Gasteiger partial charge is 0.493 e. The zero-order valence-electron chi connectivity index (χ0n) is 63.7. The Balaban J connectivity index is 0.000000153. The van der Waals surface area contributed by atoms with Crippen molar-refractivity contribution in [1.82, 2.24) is 24.8 Å². The molecule has 6 fully saturated rings. The third-order valence-electron chi connectivity index (χ3n) is 18.8. The summed E-state index contributed by atoms with van der Waals surface area (Å²) in [5, 5.41) is 0. The van der Waals surface area contributed by atoms with Crippen molar-refractivity contribution in [1.29, 1.82) is 0 Å². The molecule has 2 aromatic heterocycles. The van der Waals surface area contributed by atoms with E-state index in [0.717, 1.165) is 84.8 Å². The maximum Gasteiger partial charge on any atom is 0.275 e. The van der Waals surface area contributed by atoms with Gasteiger partial charge in [-0.05, 0) is 206 Å². The number of ether oxygens (including phenoxy) is 6. The summed E-state index contributed by atoms with van der Waals surface area (Å²) in [6.07, 6.45) is 20.0. The molecule has 1 saturated heterocycles. The number of hydrogen-bond donors (Lipinski definition) is 0. The van der Waals surface area contributed by atoms with E-state index in [0.29, 0.717) is 61.5 Å². The summed E-state index contributed by atoms with van der Waals surface area (Å²) in [6, 6.07) is 21.9. The van der Waals surface area contributed by atoms with Crippen LogP contribution in [0.5, 0.6) is 34.8 Å². The van der Waals surface area contributed by atoms with Crippen molar-refractivity contribution in [3.8, 4) is 34.8 Å². The van der Waals surface area contributed by atoms with E-state index in [1.165, 1.54) is 119 Å². The first kappa shape index (κ1) is 79.2. The molecule has 0 radical (unpaired) electrons. The number of aromatic nitrogens is 4. The summed E-state index contributed by atoms with van der Waals surface area (Å²) in [6.45, 7) is 44.2. The second-order valence-corrected chi connectivity index (χ2v) is 34.9. The van der Waals surface area contributed by atoms with Gasteiger partial charge >= 0.3 is 0 Å². The lowest BCUT2D eigenvalue weighted by atomic mass is 9.85. The van der Waals surface area contributed by atoms with Crippen LogP contribution < -0.4 is 28.4 Å². The van der Waals surface area contributed by atoms with Crippen molar-refractivity contribution in [3.63, 3.8) is 0 Å². The monoisotopic (exact) mass is 1390 g/mol. The van der Waals surface area contributed by atoms with Gasteiger partial charge in [0, 0.05) is 23.4 Å². The molecular weight excluding hydrogens is 1270 g/mol. The van der Waals surface area contributed by atoms with E-state index in [-0.39, 0.29) is 67.8 Å². The molecule has 4 heterocycles. The lowest BCUT2D eigenvalue weighted by Gasteiger charge is -2.28. The van der Waals surface area contributed by atoms with Crippen molar-refractivity contribution in [2.45, 2.75) is 253 Å². The van der Waals surface area contributed by atoms with Crippen LogP contribution in [-0.4, -0.2) is 83.6 Å². The Morgan fingerprint density at radius 3 is 1.57 bits per heavy atom. The first-order valence-electron chi connectivity index (χ1n) is 37.0. The van der Waals surface area contributed by atoms with Gasteiger partial charge in [0.1, 0.15) is 42.5 Å². The van der Waals surface area contributed by atoms with Crippen molar-refractivity contribution in [2.75, 3.05) is 52.7 Å². The number of likely N-dealkylation sites (tertiary alicyclic amines) is 1. The average molecular weight is 1390 g/mol. The van der Waals surface area contributed by atoms with Gasteiger partial charge in [0.15, 0.2) is 23.1 Å². The molecule has 0 N–H and O–H groups in total. The number of hydrogen-bond acceptors (Lipinski definition) is 11. The standard InChI is InChI=1S/C16H24FNO.C15H21F.C15H20O2.C14H19FO.2C12H17FN2O/c1-16(2,3)13-6-7-14(17)15(12-13)19-11-10-18-8-4-5-9-18;1-15(2,3)13-8-9-14(16)12(10-13)7-6-11-4-5-11;1-15(2,3)11-6-7-12-13(8-11)17-14(9-16-12)10-4-5-10;1-14(2,3)12-7-6-11(15)8-13(12)16-9-10-4-5-10;1-12(2,3)9-6-14-10(13)11(15-9)16-7-8-4-5-8;1-12(2,3)11-14-6-9(13)10(15-11)16-7-8-4-5-8/h6-7,12H,4-5,8-11H2,1-3H3;8-11H,4-7H2,1-3H3;6-8,10,14H,4-5,9H2,1-3H3;6-8,10H,4-5,9H2,1-3H3;2*6,8H,4-5,7H2,1-3H3. The summed E-state index contributed by atoms with van der Waals surface area (Å²) in [4.78, 5) is 18.4. The fraction of sp³-hybridized carbons (Fsp3) is 0.619. The molecular formula is C84H118F5N5O6. The van der Waals surface area contributed by atoms with Gasteiger partial charge in [-0.1, -0.05) is 168 Å². The van der Waals surface area contributed by atoms with Crippen molar-refractivity contribution in [3.05, 3.63) is 154 Å². The number of aryl methyl sites for hydroxylation is 1. The molecule has 100 heavy (non-hydrogen) atoms. The van der Waals surface area contributed by atoms with Crippen molar-refractivity contribution < 1.29 is 50.4 Å². The quantitative estimate of drug-likeness (QED) is 0.0814. The average Bonchev–Trinajstić information content (AvgIpc) is 1.79. The van der Waals surface area contributed by atoms with Crippen LogP contribution in [0.4, 0.5) is 22.0 Å². The summed E-state index contributed by atoms with van der Waals surface area (Å²) in [5.74, 6) is 5.50. The van der Waals surface area contributed by atoms with E-state index >= 15 is 0 Å². The molecule has 2 aliphatic heterocycles. The molecule has 1 atom stereocenters. The minimum absolute atomic E-state index is 0.00736. The van der Waals surface area contributed by atoms with Gasteiger partial charge in [0.05, 0.1) is 37.9 Å². The molecule has 5 saturated carbocycles. The van der Waals surface area contributed by atoms with Crippen molar-refractivity contribution in [2.24, 2.45) is 29.6 Å². The molecule has 0 spiro atoms. The van der Waals surface area contributed by atoms with Gasteiger partial charge in [-0.25, -0.2) is 28.1 Å². The Kier molecular flexibility index (Phi) is 27.0. The zero-order chi connectivity index (χ0) is 73.0. The maximum atomic E-state index is 13.7. The highest BCUT2D eigenvalue weighted by molar-refractivity contribution is 5.46. The predicted molar refractivity (Wildman–Crippen MR) is 391 cm³/mol. The minimum atomic E-state index is -0.617. The van der Waals surface area contributed by atoms with Crippen LogP contribution in [0.2, 0.25) is 0 Å². The number of rotatable bonds is 17. The minimum Gasteiger partial charge on any atom is -0.493 e. The van der Waals surface area contributed by atoms with E-state index in [9.17, 15) is 22.0 Å². The Labute approximate surface area is 596 Å². The second-order valence-electron chi connectivity index (χ2n) is 34.9. The summed E-state index contributed by atoms with van der Waals surface area (Å²) in [7, 11) is 0. The van der Waals surface area contributed by atoms with Gasteiger partial charge in [-0.2, -0.15) is 13.8 Å². The molecule has 16 heteroatoms. The van der Waals surface area contributed by atoms with Crippen molar-refractivity contribution >= 4 is 0 Å². The third kappa shape index (κ3) is 26.4. The van der Waals surface area contributed by atoms with Crippen LogP contribution >= 0.6 is 0 Å². The molecule has 550 valence electrons. The smallest absolute Gasteiger partial charge is 0.275 e. The molecule has 11 nitrogen and oxygen atoms in total. The zero-order valence-corrected chi connectivity index (χ0v) is 63.7. The van der Waals surface area contributed by atoms with Gasteiger partial charge in [0.25, 0.3) is 17.7 Å². The number of halogens is 5. The first-order valence-corrected chi connectivity index (χ1v) is 37.0. The van der Waals surface area contributed by atoms with Gasteiger partial charge in [-0.15, -0.1) is 0 Å². The fourth-order valence-corrected chi connectivity index (χ4v) is 10.9. The molecule has 6 aromatic rings. The van der Waals surface area contributed by atoms with Crippen LogP contribution in [0, 0.1) is 58.8 Å². The predicted octanol–water partition coefficient (Wildman–Crippen LogP) is 20.9. The summed E-state index contributed by atoms with van der Waals surface area (Å²) in [5.41, 5.74) is 6.32. The first-order chi connectivity index (χ1) is 46.9. The Hall–Kier alpha value is -6.55. The number of nitrogens with zero attached hydrogens (tertiary/aromatic N) is 5. The van der Waals surface area contributed by atoms with Crippen LogP contribution in [0.1, 0.15) is 247 Å². The summed E-state index contributed by atoms with van der Waals surface area (Å²) >= 11 is 0. The van der Waals surface area contributed by atoms with E-state index in [2.05, 4.69) is 126 Å². The lowest BCUT2D eigenvalue weighted by Crippen LogP contribution is -2.31. The molecule has 7 aliphatic rings. The second kappa shape index (κ2) is 34.2. The molecule has 0 bridgehead atoms. The number of benzene rings is 4. The van der Waals surface area contributed by atoms with E-state index in [1.54, 1.807) is 6.07 Å². The Morgan fingerprint density at radius 2 is 1.02 bits per heavy atom. The molecule has 13 rings (SSSR count). The Morgan fingerprint density at radius 1 is 0.470 bits per heavy atom. The van der Waals surface area contributed by atoms with Crippen LogP contribution in [0.15, 0.2) is 85.2 Å². The van der Waals surface area contributed by atoms with Gasteiger partial charge < -0.3 is 28.4 Å². The highest BCUT2D eigenvalue weighted by atomic mass is 19.1.